The van der Waals surface area contributed by atoms with Gasteiger partial charge in [-0.1, -0.05) is 41.5 Å². The summed E-state index contributed by atoms with van der Waals surface area (Å²) >= 11 is 0. The summed E-state index contributed by atoms with van der Waals surface area (Å²) in [6.07, 6.45) is 4.92. The third-order valence-electron chi connectivity index (χ3n) is 4.35. The van der Waals surface area contributed by atoms with Crippen LogP contribution < -0.4 is 0 Å². The zero-order valence-corrected chi connectivity index (χ0v) is 14.8. The van der Waals surface area contributed by atoms with Crippen LogP contribution in [0.25, 0.3) is 0 Å². The minimum Gasteiger partial charge on any atom is -0.372 e. The van der Waals surface area contributed by atoms with Crippen LogP contribution in [0.2, 0.25) is 0 Å². The average molecular weight is 279 g/mol. The van der Waals surface area contributed by atoms with Gasteiger partial charge in [-0.15, -0.1) is 0 Å². The van der Waals surface area contributed by atoms with E-state index in [4.69, 9.17) is 0 Å². The van der Waals surface area contributed by atoms with E-state index in [1.54, 1.807) is 0 Å². The molecule has 0 radical (unpaired) electrons. The van der Waals surface area contributed by atoms with Gasteiger partial charge in [0.25, 0.3) is 0 Å². The molecule has 0 saturated heterocycles. The van der Waals surface area contributed by atoms with Crippen LogP contribution in [0.1, 0.15) is 74.7 Å². The van der Waals surface area contributed by atoms with Gasteiger partial charge in [-0.2, -0.15) is 0 Å². The van der Waals surface area contributed by atoms with Gasteiger partial charge in [0.15, 0.2) is 5.78 Å². The molecule has 0 aromatic rings. The van der Waals surface area contributed by atoms with Crippen LogP contribution in [0.4, 0.5) is 0 Å². The summed E-state index contributed by atoms with van der Waals surface area (Å²) in [7, 11) is 0. The van der Waals surface area contributed by atoms with Gasteiger partial charge in [0, 0.05) is 30.3 Å². The zero-order valence-electron chi connectivity index (χ0n) is 14.8. The van der Waals surface area contributed by atoms with E-state index >= 15 is 0 Å². The first-order valence-corrected chi connectivity index (χ1v) is 7.91. The molecule has 1 heterocycles. The fourth-order valence-corrected chi connectivity index (χ4v) is 3.45. The van der Waals surface area contributed by atoms with Crippen molar-refractivity contribution in [3.63, 3.8) is 0 Å². The SMILES string of the molecule is CCC(=O)C1=CN(C(C)(C)CC(C)(C)C)CCC1(C)C. The Morgan fingerprint density at radius 2 is 1.80 bits per heavy atom. The number of hydrogen-bond acceptors (Lipinski definition) is 2. The Morgan fingerprint density at radius 1 is 1.25 bits per heavy atom. The summed E-state index contributed by atoms with van der Waals surface area (Å²) < 4.78 is 0. The van der Waals surface area contributed by atoms with Crippen molar-refractivity contribution < 1.29 is 4.79 Å². The van der Waals surface area contributed by atoms with E-state index in [0.717, 1.165) is 25.0 Å². The molecule has 0 amide bonds. The molecule has 0 aromatic carbocycles. The molecule has 0 fully saturated rings. The summed E-state index contributed by atoms with van der Waals surface area (Å²) in [5, 5.41) is 0. The molecule has 1 aliphatic heterocycles. The highest BCUT2D eigenvalue weighted by Crippen LogP contribution is 2.40. The maximum Gasteiger partial charge on any atom is 0.160 e. The van der Waals surface area contributed by atoms with E-state index in [0.29, 0.717) is 17.6 Å². The van der Waals surface area contributed by atoms with Gasteiger partial charge in [0.1, 0.15) is 0 Å². The van der Waals surface area contributed by atoms with Crippen LogP contribution >= 0.6 is 0 Å². The fraction of sp³-hybridized carbons (Fsp3) is 0.833. The molecule has 0 aromatic heterocycles. The predicted octanol–water partition coefficient (Wildman–Crippen LogP) is 4.80. The zero-order chi connectivity index (χ0) is 15.8. The largest absolute Gasteiger partial charge is 0.372 e. The van der Waals surface area contributed by atoms with Gasteiger partial charge in [0.2, 0.25) is 0 Å². The molecule has 0 atom stereocenters. The van der Waals surface area contributed by atoms with Crippen LogP contribution in [0.15, 0.2) is 11.8 Å². The van der Waals surface area contributed by atoms with Gasteiger partial charge < -0.3 is 4.90 Å². The molecule has 20 heavy (non-hydrogen) atoms. The lowest BCUT2D eigenvalue weighted by atomic mass is 9.74. The molecule has 0 saturated carbocycles. The van der Waals surface area contributed by atoms with Crippen molar-refractivity contribution in [3.05, 3.63) is 11.8 Å². The van der Waals surface area contributed by atoms with Crippen molar-refractivity contribution in [1.29, 1.82) is 0 Å². The first kappa shape index (κ1) is 17.3. The molecule has 0 bridgehead atoms. The van der Waals surface area contributed by atoms with Crippen molar-refractivity contribution in [2.75, 3.05) is 6.54 Å². The van der Waals surface area contributed by atoms with Gasteiger partial charge in [-0.25, -0.2) is 0 Å². The lowest BCUT2D eigenvalue weighted by Gasteiger charge is -2.47. The predicted molar refractivity (Wildman–Crippen MR) is 86.6 cm³/mol. The fourth-order valence-electron chi connectivity index (χ4n) is 3.45. The van der Waals surface area contributed by atoms with Gasteiger partial charge in [-0.3, -0.25) is 4.79 Å². The van der Waals surface area contributed by atoms with Crippen molar-refractivity contribution in [3.8, 4) is 0 Å². The highest BCUT2D eigenvalue weighted by molar-refractivity contribution is 5.96. The maximum absolute atomic E-state index is 12.2. The number of rotatable bonds is 4. The number of allylic oxidation sites excluding steroid dienone is 1. The highest BCUT2D eigenvalue weighted by Gasteiger charge is 2.37. The summed E-state index contributed by atoms with van der Waals surface area (Å²) in [5.41, 5.74) is 1.41. The summed E-state index contributed by atoms with van der Waals surface area (Å²) in [6, 6.07) is 0. The third-order valence-corrected chi connectivity index (χ3v) is 4.35. The monoisotopic (exact) mass is 279 g/mol. The smallest absolute Gasteiger partial charge is 0.160 e. The second kappa shape index (κ2) is 5.54. The maximum atomic E-state index is 12.2. The standard InChI is InChI=1S/C18H33NO/c1-9-15(20)14-12-19(11-10-17(14,5)6)18(7,8)13-16(2,3)4/h12H,9-11,13H2,1-8H3. The number of hydrogen-bond donors (Lipinski definition) is 0. The average Bonchev–Trinajstić information content (AvgIpc) is 2.24. The summed E-state index contributed by atoms with van der Waals surface area (Å²) in [4.78, 5) is 14.6. The number of nitrogens with zero attached hydrogens (tertiary/aromatic N) is 1. The van der Waals surface area contributed by atoms with E-state index in [1.165, 1.54) is 0 Å². The number of Topliss-reactive ketones (excluding diaryl/α,β-unsaturated/α-hetero) is 1. The molecule has 116 valence electrons. The first-order chi connectivity index (χ1) is 8.89. The Kier molecular flexibility index (Phi) is 4.78. The molecule has 2 nitrogen and oxygen atoms in total. The van der Waals surface area contributed by atoms with Gasteiger partial charge in [-0.05, 0) is 37.5 Å². The molecule has 0 N–H and O–H groups in total. The Labute approximate surface area is 125 Å². The number of carbonyl (C=O) groups is 1. The Hall–Kier alpha value is -0.790. The Bertz CT molecular complexity index is 396. The van der Waals surface area contributed by atoms with Crippen molar-refractivity contribution >= 4 is 5.78 Å². The molecule has 0 spiro atoms. The van der Waals surface area contributed by atoms with E-state index in [2.05, 4.69) is 59.6 Å². The number of ketones is 1. The van der Waals surface area contributed by atoms with Crippen LogP contribution in [0, 0.1) is 10.8 Å². The lowest BCUT2D eigenvalue weighted by Crippen LogP contribution is -2.47. The summed E-state index contributed by atoms with van der Waals surface area (Å²) in [6.45, 7) is 18.8. The summed E-state index contributed by atoms with van der Waals surface area (Å²) in [5.74, 6) is 0.297. The molecule has 2 heteroatoms. The second-order valence-corrected chi connectivity index (χ2v) is 8.70. The van der Waals surface area contributed by atoms with Crippen molar-refractivity contribution in [2.45, 2.75) is 80.2 Å². The van der Waals surface area contributed by atoms with Crippen LogP contribution in [0.5, 0.6) is 0 Å². The second-order valence-electron chi connectivity index (χ2n) is 8.70. The van der Waals surface area contributed by atoms with E-state index in [-0.39, 0.29) is 11.0 Å². The van der Waals surface area contributed by atoms with Gasteiger partial charge in [0.05, 0.1) is 0 Å². The van der Waals surface area contributed by atoms with Crippen LogP contribution in [0.3, 0.4) is 0 Å². The number of carbonyl (C=O) groups excluding carboxylic acids is 1. The Balaban J connectivity index is 3.06. The van der Waals surface area contributed by atoms with E-state index < -0.39 is 0 Å². The normalized spacial score (nSPS) is 19.8. The minimum atomic E-state index is 0.0153. The molecule has 0 aliphatic carbocycles. The Morgan fingerprint density at radius 3 is 2.25 bits per heavy atom. The van der Waals surface area contributed by atoms with Crippen LogP contribution in [-0.4, -0.2) is 22.8 Å². The molecular weight excluding hydrogens is 246 g/mol. The first-order valence-electron chi connectivity index (χ1n) is 7.91. The van der Waals surface area contributed by atoms with Gasteiger partial charge >= 0.3 is 0 Å². The van der Waals surface area contributed by atoms with Crippen molar-refractivity contribution in [1.82, 2.24) is 4.90 Å². The minimum absolute atomic E-state index is 0.0153. The molecular formula is C18H33NO. The molecule has 0 unspecified atom stereocenters. The lowest BCUT2D eigenvalue weighted by molar-refractivity contribution is -0.116. The third kappa shape index (κ3) is 4.10. The molecule has 1 aliphatic rings. The van der Waals surface area contributed by atoms with Crippen LogP contribution in [-0.2, 0) is 4.79 Å². The van der Waals surface area contributed by atoms with E-state index in [9.17, 15) is 4.79 Å². The topological polar surface area (TPSA) is 20.3 Å². The quantitative estimate of drug-likeness (QED) is 0.737. The van der Waals surface area contributed by atoms with E-state index in [1.807, 2.05) is 6.92 Å². The molecule has 1 rings (SSSR count). The highest BCUT2D eigenvalue weighted by atomic mass is 16.1. The van der Waals surface area contributed by atoms with Crippen molar-refractivity contribution in [2.24, 2.45) is 10.8 Å².